The summed E-state index contributed by atoms with van der Waals surface area (Å²) in [4.78, 5) is 17.0. The monoisotopic (exact) mass is 336 g/mol. The second kappa shape index (κ2) is 6.20. The van der Waals surface area contributed by atoms with Crippen LogP contribution in [0.5, 0.6) is 0 Å². The number of aryl methyl sites for hydroxylation is 2. The second-order valence-corrected chi connectivity index (χ2v) is 6.60. The molecular weight excluding hydrogens is 316 g/mol. The van der Waals surface area contributed by atoms with Gasteiger partial charge in [-0.3, -0.25) is 4.79 Å². The molecule has 1 aliphatic rings. The molecule has 2 aromatic heterocycles. The van der Waals surface area contributed by atoms with Gasteiger partial charge in [0.2, 0.25) is 5.89 Å². The maximum atomic E-state index is 12.6. The van der Waals surface area contributed by atoms with Gasteiger partial charge in [-0.05, 0) is 62.1 Å². The second-order valence-electron chi connectivity index (χ2n) is 6.60. The molecule has 6 nitrogen and oxygen atoms in total. The fraction of sp³-hybridized carbons (Fsp3) is 0.316. The Labute approximate surface area is 145 Å². The lowest BCUT2D eigenvalue weighted by atomic mass is 10.1. The lowest BCUT2D eigenvalue weighted by Crippen LogP contribution is -2.17. The number of anilines is 1. The van der Waals surface area contributed by atoms with Gasteiger partial charge in [0, 0.05) is 17.8 Å². The Hall–Kier alpha value is -2.89. The lowest BCUT2D eigenvalue weighted by molar-refractivity contribution is 0.101. The smallest absolute Gasteiger partial charge is 0.272 e. The molecule has 128 valence electrons. The summed E-state index contributed by atoms with van der Waals surface area (Å²) in [6.07, 6.45) is 4.09. The van der Waals surface area contributed by atoms with E-state index in [0.29, 0.717) is 29.9 Å². The predicted octanol–water partition coefficient (Wildman–Crippen LogP) is 3.67. The van der Waals surface area contributed by atoms with E-state index >= 15 is 0 Å². The SMILES string of the molecule is Cc1ccc(NC(=O)c2cccn2Cc2noc(C3CC3)n2)cc1C. The zero-order valence-electron chi connectivity index (χ0n) is 14.3. The lowest BCUT2D eigenvalue weighted by Gasteiger charge is -2.09. The summed E-state index contributed by atoms with van der Waals surface area (Å²) in [5.41, 5.74) is 3.70. The van der Waals surface area contributed by atoms with Crippen molar-refractivity contribution in [2.24, 2.45) is 0 Å². The van der Waals surface area contributed by atoms with E-state index in [1.54, 1.807) is 6.07 Å². The van der Waals surface area contributed by atoms with Crippen LogP contribution in [0.4, 0.5) is 5.69 Å². The normalized spacial score (nSPS) is 13.8. The molecule has 0 radical (unpaired) electrons. The van der Waals surface area contributed by atoms with Crippen molar-refractivity contribution >= 4 is 11.6 Å². The van der Waals surface area contributed by atoms with Crippen molar-refractivity contribution in [3.8, 4) is 0 Å². The molecule has 0 saturated heterocycles. The van der Waals surface area contributed by atoms with Gasteiger partial charge in [0.05, 0.1) is 6.54 Å². The van der Waals surface area contributed by atoms with Crippen molar-refractivity contribution in [3.05, 3.63) is 65.1 Å². The van der Waals surface area contributed by atoms with Crippen LogP contribution in [0.2, 0.25) is 0 Å². The van der Waals surface area contributed by atoms with E-state index in [-0.39, 0.29) is 5.91 Å². The van der Waals surface area contributed by atoms with Crippen molar-refractivity contribution in [2.45, 2.75) is 39.2 Å². The number of nitrogens with zero attached hydrogens (tertiary/aromatic N) is 3. The topological polar surface area (TPSA) is 73.0 Å². The minimum atomic E-state index is -0.154. The van der Waals surface area contributed by atoms with Crippen LogP contribution in [0.15, 0.2) is 41.1 Å². The van der Waals surface area contributed by atoms with E-state index in [4.69, 9.17) is 4.52 Å². The molecular formula is C19H20N4O2. The summed E-state index contributed by atoms with van der Waals surface area (Å²) in [5.74, 6) is 1.58. The van der Waals surface area contributed by atoms with Gasteiger partial charge in [0.25, 0.3) is 5.91 Å². The van der Waals surface area contributed by atoms with Gasteiger partial charge < -0.3 is 14.4 Å². The van der Waals surface area contributed by atoms with Crippen LogP contribution >= 0.6 is 0 Å². The van der Waals surface area contributed by atoms with Gasteiger partial charge >= 0.3 is 0 Å². The van der Waals surface area contributed by atoms with Gasteiger partial charge in [-0.25, -0.2) is 0 Å². The molecule has 0 unspecified atom stereocenters. The number of hydrogen-bond acceptors (Lipinski definition) is 4. The van der Waals surface area contributed by atoms with Crippen molar-refractivity contribution in [3.63, 3.8) is 0 Å². The quantitative estimate of drug-likeness (QED) is 0.771. The first-order chi connectivity index (χ1) is 12.1. The Bertz CT molecular complexity index is 921. The minimum Gasteiger partial charge on any atom is -0.339 e. The minimum absolute atomic E-state index is 0.154. The van der Waals surface area contributed by atoms with Gasteiger partial charge in [-0.1, -0.05) is 11.2 Å². The highest BCUT2D eigenvalue weighted by atomic mass is 16.5. The molecule has 0 spiro atoms. The molecule has 0 atom stereocenters. The van der Waals surface area contributed by atoms with Gasteiger partial charge in [0.1, 0.15) is 5.69 Å². The van der Waals surface area contributed by atoms with Crippen molar-refractivity contribution in [1.82, 2.24) is 14.7 Å². The van der Waals surface area contributed by atoms with Crippen LogP contribution in [-0.4, -0.2) is 20.6 Å². The fourth-order valence-corrected chi connectivity index (χ4v) is 2.75. The predicted molar refractivity (Wildman–Crippen MR) is 93.7 cm³/mol. The molecule has 1 fully saturated rings. The molecule has 1 aromatic carbocycles. The van der Waals surface area contributed by atoms with Crippen LogP contribution in [0, 0.1) is 13.8 Å². The highest BCUT2D eigenvalue weighted by Gasteiger charge is 2.29. The number of hydrogen-bond donors (Lipinski definition) is 1. The third-order valence-electron chi connectivity index (χ3n) is 4.55. The maximum Gasteiger partial charge on any atom is 0.272 e. The molecule has 4 rings (SSSR count). The molecule has 1 amide bonds. The number of carbonyl (C=O) groups is 1. The van der Waals surface area contributed by atoms with E-state index in [1.165, 1.54) is 5.56 Å². The van der Waals surface area contributed by atoms with E-state index in [2.05, 4.69) is 15.5 Å². The summed E-state index contributed by atoms with van der Waals surface area (Å²) in [6.45, 7) is 4.49. The van der Waals surface area contributed by atoms with Crippen molar-refractivity contribution in [2.75, 3.05) is 5.32 Å². The van der Waals surface area contributed by atoms with Gasteiger partial charge in [-0.2, -0.15) is 4.98 Å². The molecule has 0 aliphatic heterocycles. The molecule has 2 heterocycles. The Morgan fingerprint density at radius 3 is 2.88 bits per heavy atom. The molecule has 6 heteroatoms. The highest BCUT2D eigenvalue weighted by molar-refractivity contribution is 6.03. The summed E-state index contributed by atoms with van der Waals surface area (Å²) < 4.78 is 7.11. The molecule has 25 heavy (non-hydrogen) atoms. The molecule has 1 saturated carbocycles. The highest BCUT2D eigenvalue weighted by Crippen LogP contribution is 2.38. The van der Waals surface area contributed by atoms with Gasteiger partial charge in [0.15, 0.2) is 5.82 Å². The zero-order valence-corrected chi connectivity index (χ0v) is 14.3. The average molecular weight is 336 g/mol. The first-order valence-electron chi connectivity index (χ1n) is 8.46. The summed E-state index contributed by atoms with van der Waals surface area (Å²) in [6, 6.07) is 9.52. The number of nitrogens with one attached hydrogen (secondary N) is 1. The van der Waals surface area contributed by atoms with Crippen LogP contribution < -0.4 is 5.32 Å². The molecule has 1 N–H and O–H groups in total. The van der Waals surface area contributed by atoms with Crippen molar-refractivity contribution < 1.29 is 9.32 Å². The first-order valence-corrected chi connectivity index (χ1v) is 8.46. The van der Waals surface area contributed by atoms with Crippen LogP contribution in [0.1, 0.15) is 52.1 Å². The van der Waals surface area contributed by atoms with Crippen molar-refractivity contribution in [1.29, 1.82) is 0 Å². The van der Waals surface area contributed by atoms with E-state index in [9.17, 15) is 4.79 Å². The Balaban J connectivity index is 1.49. The summed E-state index contributed by atoms with van der Waals surface area (Å²) in [7, 11) is 0. The molecule has 1 aliphatic carbocycles. The summed E-state index contributed by atoms with van der Waals surface area (Å²) >= 11 is 0. The number of rotatable bonds is 5. The van der Waals surface area contributed by atoms with E-state index < -0.39 is 0 Å². The largest absolute Gasteiger partial charge is 0.339 e. The third-order valence-corrected chi connectivity index (χ3v) is 4.55. The van der Waals surface area contributed by atoms with E-state index in [1.807, 2.05) is 48.9 Å². The molecule has 3 aromatic rings. The van der Waals surface area contributed by atoms with Crippen LogP contribution in [0.25, 0.3) is 0 Å². The Morgan fingerprint density at radius 1 is 1.28 bits per heavy atom. The summed E-state index contributed by atoms with van der Waals surface area (Å²) in [5, 5.41) is 6.97. The van der Waals surface area contributed by atoms with Gasteiger partial charge in [-0.15, -0.1) is 0 Å². The van der Waals surface area contributed by atoms with Crippen LogP contribution in [0.3, 0.4) is 0 Å². The average Bonchev–Trinajstić information content (AvgIpc) is 3.15. The number of carbonyl (C=O) groups excluding carboxylic acids is 1. The zero-order chi connectivity index (χ0) is 17.4. The number of benzene rings is 1. The maximum absolute atomic E-state index is 12.6. The standard InChI is InChI=1S/C19H20N4O2/c1-12-5-8-15(10-13(12)2)20-18(24)16-4-3-9-23(16)11-17-21-19(25-22-17)14-6-7-14/h3-5,8-10,14H,6-7,11H2,1-2H3,(H,20,24). The van der Waals surface area contributed by atoms with Crippen LogP contribution in [-0.2, 0) is 6.54 Å². The third kappa shape index (κ3) is 3.33. The fourth-order valence-electron chi connectivity index (χ4n) is 2.75. The Kier molecular flexibility index (Phi) is 3.87. The Morgan fingerprint density at radius 2 is 2.12 bits per heavy atom. The first kappa shape index (κ1) is 15.6. The van der Waals surface area contributed by atoms with E-state index in [0.717, 1.165) is 24.1 Å². The number of aromatic nitrogens is 3. The molecule has 0 bridgehead atoms. The number of amides is 1.